The van der Waals surface area contributed by atoms with Crippen LogP contribution in [0.15, 0.2) is 30.5 Å². The molecule has 5 heteroatoms. The summed E-state index contributed by atoms with van der Waals surface area (Å²) >= 11 is 0. The van der Waals surface area contributed by atoms with Crippen LogP contribution in [-0.4, -0.2) is 33.9 Å². The predicted octanol–water partition coefficient (Wildman–Crippen LogP) is 2.32. The Kier molecular flexibility index (Phi) is 2.80. The lowest BCUT2D eigenvalue weighted by molar-refractivity contribution is -0.139. The highest BCUT2D eigenvalue weighted by Gasteiger charge is 2.48. The van der Waals surface area contributed by atoms with Gasteiger partial charge < -0.3 is 10.0 Å². The Balaban J connectivity index is 1.82. The molecule has 1 saturated heterocycles. The van der Waals surface area contributed by atoms with Crippen LogP contribution in [0.4, 0.5) is 5.69 Å². The molecule has 2 aliphatic rings. The molecular formula is C16H17N3O2. The van der Waals surface area contributed by atoms with Crippen LogP contribution in [0, 0.1) is 11.8 Å². The van der Waals surface area contributed by atoms with Crippen molar-refractivity contribution < 1.29 is 9.90 Å². The highest BCUT2D eigenvalue weighted by atomic mass is 16.4. The Morgan fingerprint density at radius 2 is 2.14 bits per heavy atom. The Bertz CT molecular complexity index is 697. The van der Waals surface area contributed by atoms with Gasteiger partial charge in [-0.25, -0.2) is 4.79 Å². The van der Waals surface area contributed by atoms with Crippen LogP contribution < -0.4 is 4.90 Å². The number of aliphatic carboxylic acids is 1. The van der Waals surface area contributed by atoms with Gasteiger partial charge in [0.2, 0.25) is 0 Å². The quantitative estimate of drug-likeness (QED) is 0.916. The zero-order chi connectivity index (χ0) is 14.4. The number of carbonyl (C=O) groups is 1. The minimum absolute atomic E-state index is 0.273. The van der Waals surface area contributed by atoms with Crippen molar-refractivity contribution in [1.29, 1.82) is 0 Å². The summed E-state index contributed by atoms with van der Waals surface area (Å²) in [6, 6.07) is 7.37. The molecular weight excluding hydrogens is 266 g/mol. The van der Waals surface area contributed by atoms with E-state index in [-0.39, 0.29) is 5.92 Å². The SMILES string of the molecule is O=C(O)C1C2CCCC2CN1c1cnnc2ccccc12. The molecule has 3 atom stereocenters. The van der Waals surface area contributed by atoms with Gasteiger partial charge in [0.05, 0.1) is 17.4 Å². The highest BCUT2D eigenvalue weighted by Crippen LogP contribution is 2.44. The third-order valence-electron chi connectivity index (χ3n) is 4.98. The van der Waals surface area contributed by atoms with Crippen molar-refractivity contribution in [1.82, 2.24) is 10.2 Å². The van der Waals surface area contributed by atoms with Crippen LogP contribution in [0.2, 0.25) is 0 Å². The number of benzene rings is 1. The summed E-state index contributed by atoms with van der Waals surface area (Å²) in [5.41, 5.74) is 1.72. The maximum Gasteiger partial charge on any atom is 0.326 e. The van der Waals surface area contributed by atoms with E-state index in [4.69, 9.17) is 0 Å². The van der Waals surface area contributed by atoms with Crippen molar-refractivity contribution in [3.05, 3.63) is 30.5 Å². The molecule has 1 aromatic carbocycles. The van der Waals surface area contributed by atoms with E-state index in [0.29, 0.717) is 5.92 Å². The van der Waals surface area contributed by atoms with E-state index in [2.05, 4.69) is 10.2 Å². The van der Waals surface area contributed by atoms with E-state index in [0.717, 1.165) is 42.4 Å². The Hall–Kier alpha value is -2.17. The van der Waals surface area contributed by atoms with Gasteiger partial charge in [-0.3, -0.25) is 0 Å². The minimum atomic E-state index is -0.717. The molecule has 2 fully saturated rings. The third-order valence-corrected chi connectivity index (χ3v) is 4.98. The van der Waals surface area contributed by atoms with Crippen LogP contribution in [0.3, 0.4) is 0 Å². The van der Waals surface area contributed by atoms with E-state index >= 15 is 0 Å². The zero-order valence-electron chi connectivity index (χ0n) is 11.6. The number of aromatic nitrogens is 2. The molecule has 5 nitrogen and oxygen atoms in total. The summed E-state index contributed by atoms with van der Waals surface area (Å²) in [6.45, 7) is 0.817. The van der Waals surface area contributed by atoms with Crippen LogP contribution >= 0.6 is 0 Å². The fourth-order valence-electron chi connectivity index (χ4n) is 4.09. The molecule has 108 valence electrons. The molecule has 0 radical (unpaired) electrons. The van der Waals surface area contributed by atoms with E-state index in [9.17, 15) is 9.90 Å². The minimum Gasteiger partial charge on any atom is -0.480 e. The first-order valence-electron chi connectivity index (χ1n) is 7.45. The standard InChI is InChI=1S/C16H17N3O2/c20-16(21)15-11-6-3-4-10(11)9-19(15)14-8-17-18-13-7-2-1-5-12(13)14/h1-2,5,7-8,10-11,15H,3-4,6,9H2,(H,20,21). The number of hydrogen-bond donors (Lipinski definition) is 1. The van der Waals surface area contributed by atoms with Crippen molar-refractivity contribution in [3.8, 4) is 0 Å². The highest BCUT2D eigenvalue weighted by molar-refractivity contribution is 5.93. The summed E-state index contributed by atoms with van der Waals surface area (Å²) < 4.78 is 0. The van der Waals surface area contributed by atoms with Crippen molar-refractivity contribution in [2.24, 2.45) is 11.8 Å². The predicted molar refractivity (Wildman–Crippen MR) is 79.1 cm³/mol. The lowest BCUT2D eigenvalue weighted by atomic mass is 9.94. The van der Waals surface area contributed by atoms with Gasteiger partial charge >= 0.3 is 5.97 Å². The summed E-state index contributed by atoms with van der Waals surface area (Å²) in [5.74, 6) is 0.0535. The van der Waals surface area contributed by atoms with Crippen molar-refractivity contribution in [2.45, 2.75) is 25.3 Å². The summed E-state index contributed by atoms with van der Waals surface area (Å²) in [7, 11) is 0. The number of hydrogen-bond acceptors (Lipinski definition) is 4. The molecule has 3 unspecified atom stereocenters. The Morgan fingerprint density at radius 1 is 1.29 bits per heavy atom. The van der Waals surface area contributed by atoms with Gasteiger partial charge in [0.1, 0.15) is 6.04 Å². The number of carboxylic acids is 1. The number of carboxylic acid groups (broad SMARTS) is 1. The molecule has 4 rings (SSSR count). The molecule has 0 amide bonds. The second-order valence-corrected chi connectivity index (χ2v) is 6.04. The van der Waals surface area contributed by atoms with Gasteiger partial charge in [-0.15, -0.1) is 0 Å². The topological polar surface area (TPSA) is 66.3 Å². The van der Waals surface area contributed by atoms with Gasteiger partial charge in [0, 0.05) is 11.9 Å². The Morgan fingerprint density at radius 3 is 3.00 bits per heavy atom. The third kappa shape index (κ3) is 1.87. The lowest BCUT2D eigenvalue weighted by Gasteiger charge is -2.26. The van der Waals surface area contributed by atoms with Gasteiger partial charge in [-0.2, -0.15) is 10.2 Å². The molecule has 2 heterocycles. The second-order valence-electron chi connectivity index (χ2n) is 6.04. The first-order valence-corrected chi connectivity index (χ1v) is 7.45. The summed E-state index contributed by atoms with van der Waals surface area (Å²) in [4.78, 5) is 13.8. The largest absolute Gasteiger partial charge is 0.480 e. The maximum absolute atomic E-state index is 11.8. The first-order chi connectivity index (χ1) is 10.3. The van der Waals surface area contributed by atoms with Crippen LogP contribution in [-0.2, 0) is 4.79 Å². The van der Waals surface area contributed by atoms with Gasteiger partial charge in [0.15, 0.2) is 0 Å². The second kappa shape index (κ2) is 4.69. The summed E-state index contributed by atoms with van der Waals surface area (Å²) in [5, 5.41) is 18.9. The first kappa shape index (κ1) is 12.6. The molecule has 2 aromatic rings. The molecule has 1 saturated carbocycles. The van der Waals surface area contributed by atoms with E-state index < -0.39 is 12.0 Å². The number of rotatable bonds is 2. The lowest BCUT2D eigenvalue weighted by Crippen LogP contribution is -2.39. The molecule has 21 heavy (non-hydrogen) atoms. The van der Waals surface area contributed by atoms with Gasteiger partial charge in [-0.1, -0.05) is 24.6 Å². The molecule has 0 spiro atoms. The maximum atomic E-state index is 11.8. The average Bonchev–Trinajstić information content (AvgIpc) is 3.06. The molecule has 1 aromatic heterocycles. The van der Waals surface area contributed by atoms with Gasteiger partial charge in [-0.05, 0) is 30.7 Å². The molecule has 1 aliphatic carbocycles. The summed E-state index contributed by atoms with van der Waals surface area (Å²) in [6.07, 6.45) is 5.03. The van der Waals surface area contributed by atoms with E-state index in [1.807, 2.05) is 29.2 Å². The molecule has 0 bridgehead atoms. The van der Waals surface area contributed by atoms with Crippen molar-refractivity contribution in [2.75, 3.05) is 11.4 Å². The van der Waals surface area contributed by atoms with Crippen LogP contribution in [0.5, 0.6) is 0 Å². The fraction of sp³-hybridized carbons (Fsp3) is 0.438. The number of fused-ring (bicyclic) bond motifs is 2. The molecule has 1 aliphatic heterocycles. The van der Waals surface area contributed by atoms with E-state index in [1.54, 1.807) is 6.20 Å². The number of anilines is 1. The van der Waals surface area contributed by atoms with E-state index in [1.165, 1.54) is 0 Å². The van der Waals surface area contributed by atoms with Crippen molar-refractivity contribution >= 4 is 22.6 Å². The van der Waals surface area contributed by atoms with Gasteiger partial charge in [0.25, 0.3) is 0 Å². The Labute approximate surface area is 122 Å². The zero-order valence-corrected chi connectivity index (χ0v) is 11.6. The average molecular weight is 283 g/mol. The van der Waals surface area contributed by atoms with Crippen LogP contribution in [0.1, 0.15) is 19.3 Å². The van der Waals surface area contributed by atoms with Crippen molar-refractivity contribution in [3.63, 3.8) is 0 Å². The molecule has 1 N–H and O–H groups in total. The smallest absolute Gasteiger partial charge is 0.326 e. The van der Waals surface area contributed by atoms with Crippen LogP contribution in [0.25, 0.3) is 10.9 Å². The fourth-order valence-corrected chi connectivity index (χ4v) is 4.09. The number of nitrogens with zero attached hydrogens (tertiary/aromatic N) is 3. The monoisotopic (exact) mass is 283 g/mol. The normalized spacial score (nSPS) is 28.0.